The molecule has 1 heterocycles. The van der Waals surface area contributed by atoms with E-state index in [1.54, 1.807) is 31.3 Å². The van der Waals surface area contributed by atoms with Crippen LogP contribution in [0.2, 0.25) is 10.0 Å². The van der Waals surface area contributed by atoms with Crippen LogP contribution < -0.4 is 19.5 Å². The van der Waals surface area contributed by atoms with E-state index in [1.807, 2.05) is 0 Å². The van der Waals surface area contributed by atoms with Gasteiger partial charge in [-0.3, -0.25) is 4.72 Å². The Labute approximate surface area is 195 Å². The molecule has 0 aliphatic carbocycles. The molecule has 3 N–H and O–H groups in total. The molecule has 0 amide bonds. The van der Waals surface area contributed by atoms with Crippen molar-refractivity contribution in [2.75, 3.05) is 25.5 Å². The molecule has 1 aromatic heterocycles. The van der Waals surface area contributed by atoms with Gasteiger partial charge in [0, 0.05) is 0 Å². The van der Waals surface area contributed by atoms with Crippen LogP contribution in [0.25, 0.3) is 0 Å². The lowest BCUT2D eigenvalue weighted by atomic mass is 10.1. The molecule has 3 rings (SSSR count). The van der Waals surface area contributed by atoms with Crippen molar-refractivity contribution in [1.82, 2.24) is 15.3 Å². The minimum absolute atomic E-state index is 0.0445. The topological polar surface area (TPSA) is 123 Å². The summed E-state index contributed by atoms with van der Waals surface area (Å²) in [5.74, 6) is 0.310. The van der Waals surface area contributed by atoms with Gasteiger partial charge in [-0.05, 0) is 36.9 Å². The molecular formula is C20H20Cl2N4O5S. The monoisotopic (exact) mass is 498 g/mol. The van der Waals surface area contributed by atoms with Gasteiger partial charge in [-0.15, -0.1) is 0 Å². The number of nitrogens with one attached hydrogen (secondary N) is 2. The van der Waals surface area contributed by atoms with Gasteiger partial charge in [0.05, 0.1) is 36.0 Å². The smallest absolute Gasteiger partial charge is 0.264 e. The van der Waals surface area contributed by atoms with E-state index < -0.39 is 10.0 Å². The molecule has 2 aromatic carbocycles. The molecule has 0 bridgehead atoms. The SMILES string of the molecule is CN[C@@H](CO)c1ccc(Oc2cnc(NS(=O)(=O)c3cccc(Cl)c3Cl)c(OC)n2)cc1. The first-order valence-electron chi connectivity index (χ1n) is 9.23. The van der Waals surface area contributed by atoms with Gasteiger partial charge in [-0.1, -0.05) is 41.4 Å². The molecule has 0 aliphatic rings. The van der Waals surface area contributed by atoms with Gasteiger partial charge in [-0.25, -0.2) is 13.4 Å². The first-order chi connectivity index (χ1) is 15.3. The molecule has 0 spiro atoms. The number of sulfonamides is 1. The molecule has 0 saturated heterocycles. The molecular weight excluding hydrogens is 479 g/mol. The number of rotatable bonds is 9. The summed E-state index contributed by atoms with van der Waals surface area (Å²) in [5.41, 5.74) is 0.885. The Morgan fingerprint density at radius 2 is 1.88 bits per heavy atom. The number of benzene rings is 2. The average Bonchev–Trinajstić information content (AvgIpc) is 2.78. The van der Waals surface area contributed by atoms with Crippen LogP contribution >= 0.6 is 23.2 Å². The first-order valence-corrected chi connectivity index (χ1v) is 11.5. The molecule has 0 fully saturated rings. The zero-order valence-electron chi connectivity index (χ0n) is 17.0. The molecule has 1 atom stereocenters. The molecule has 0 unspecified atom stereocenters. The zero-order chi connectivity index (χ0) is 23.3. The van der Waals surface area contributed by atoms with Crippen molar-refractivity contribution in [2.24, 2.45) is 0 Å². The molecule has 9 nitrogen and oxygen atoms in total. The highest BCUT2D eigenvalue weighted by Gasteiger charge is 2.23. The fraction of sp³-hybridized carbons (Fsp3) is 0.200. The van der Waals surface area contributed by atoms with Crippen LogP contribution in [0.4, 0.5) is 5.82 Å². The lowest BCUT2D eigenvalue weighted by Gasteiger charge is -2.14. The third-order valence-electron chi connectivity index (χ3n) is 4.38. The second-order valence-electron chi connectivity index (χ2n) is 6.42. The van der Waals surface area contributed by atoms with Crippen LogP contribution in [0, 0.1) is 0 Å². The van der Waals surface area contributed by atoms with Gasteiger partial charge in [0.1, 0.15) is 10.6 Å². The Kier molecular flexibility index (Phi) is 7.75. The highest BCUT2D eigenvalue weighted by molar-refractivity contribution is 7.92. The summed E-state index contributed by atoms with van der Waals surface area (Å²) in [6.07, 6.45) is 1.25. The lowest BCUT2D eigenvalue weighted by Crippen LogP contribution is -2.19. The second kappa shape index (κ2) is 10.3. The highest BCUT2D eigenvalue weighted by atomic mass is 35.5. The number of nitrogens with zero attached hydrogens (tertiary/aromatic N) is 2. The lowest BCUT2D eigenvalue weighted by molar-refractivity contribution is 0.251. The van der Waals surface area contributed by atoms with Crippen LogP contribution in [0.1, 0.15) is 11.6 Å². The van der Waals surface area contributed by atoms with Crippen LogP contribution in [0.15, 0.2) is 53.6 Å². The minimum Gasteiger partial charge on any atom is -0.478 e. The summed E-state index contributed by atoms with van der Waals surface area (Å²) in [4.78, 5) is 8.00. The van der Waals surface area contributed by atoms with E-state index >= 15 is 0 Å². The number of anilines is 1. The summed E-state index contributed by atoms with van der Waals surface area (Å²) in [6, 6.07) is 11.1. The number of hydrogen-bond donors (Lipinski definition) is 3. The minimum atomic E-state index is -4.10. The van der Waals surface area contributed by atoms with Crippen LogP contribution in [-0.4, -0.2) is 44.3 Å². The number of aliphatic hydroxyl groups excluding tert-OH is 1. The Morgan fingerprint density at radius 3 is 2.50 bits per heavy atom. The molecule has 3 aromatic rings. The van der Waals surface area contributed by atoms with E-state index in [-0.39, 0.29) is 45.2 Å². The van der Waals surface area contributed by atoms with Crippen LogP contribution in [-0.2, 0) is 10.0 Å². The van der Waals surface area contributed by atoms with Crippen LogP contribution in [0.3, 0.4) is 0 Å². The predicted molar refractivity (Wildman–Crippen MR) is 121 cm³/mol. The maximum Gasteiger partial charge on any atom is 0.264 e. The van der Waals surface area contributed by atoms with E-state index in [0.717, 1.165) is 5.56 Å². The molecule has 0 saturated carbocycles. The van der Waals surface area contributed by atoms with E-state index in [9.17, 15) is 13.5 Å². The zero-order valence-corrected chi connectivity index (χ0v) is 19.4. The van der Waals surface area contributed by atoms with Crippen LogP contribution in [0.5, 0.6) is 17.5 Å². The predicted octanol–water partition coefficient (Wildman–Crippen LogP) is 3.64. The summed E-state index contributed by atoms with van der Waals surface area (Å²) in [5, 5.41) is 12.3. The molecule has 12 heteroatoms. The largest absolute Gasteiger partial charge is 0.478 e. The van der Waals surface area contributed by atoms with Gasteiger partial charge >= 0.3 is 0 Å². The maximum atomic E-state index is 12.7. The Morgan fingerprint density at radius 1 is 1.16 bits per heavy atom. The van der Waals surface area contributed by atoms with E-state index in [1.165, 1.54) is 31.5 Å². The average molecular weight is 499 g/mol. The molecule has 170 valence electrons. The van der Waals surface area contributed by atoms with Gasteiger partial charge in [0.15, 0.2) is 0 Å². The van der Waals surface area contributed by atoms with Gasteiger partial charge < -0.3 is 19.9 Å². The fourth-order valence-corrected chi connectivity index (χ4v) is 4.51. The summed E-state index contributed by atoms with van der Waals surface area (Å²) in [6.45, 7) is -0.0445. The fourth-order valence-electron chi connectivity index (χ4n) is 2.74. The highest BCUT2D eigenvalue weighted by Crippen LogP contribution is 2.32. The number of ether oxygens (including phenoxy) is 2. The Hall–Kier alpha value is -2.63. The van der Waals surface area contributed by atoms with Crippen molar-refractivity contribution in [2.45, 2.75) is 10.9 Å². The first kappa shape index (κ1) is 24.0. The quantitative estimate of drug-likeness (QED) is 0.408. The number of aliphatic hydroxyl groups is 1. The van der Waals surface area contributed by atoms with E-state index in [0.29, 0.717) is 5.75 Å². The number of halogens is 2. The van der Waals surface area contributed by atoms with E-state index in [4.69, 9.17) is 32.7 Å². The molecule has 32 heavy (non-hydrogen) atoms. The van der Waals surface area contributed by atoms with Crippen molar-refractivity contribution >= 4 is 39.0 Å². The number of likely N-dealkylation sites (N-methyl/N-ethyl adjacent to an activating group) is 1. The van der Waals surface area contributed by atoms with Crippen molar-refractivity contribution in [1.29, 1.82) is 0 Å². The maximum absolute atomic E-state index is 12.7. The Bertz CT molecular complexity index is 1190. The third-order valence-corrected chi connectivity index (χ3v) is 6.70. The number of hydrogen-bond acceptors (Lipinski definition) is 8. The van der Waals surface area contributed by atoms with Gasteiger partial charge in [0.2, 0.25) is 11.7 Å². The summed E-state index contributed by atoms with van der Waals surface area (Å²) < 4.78 is 38.6. The van der Waals surface area contributed by atoms with Gasteiger partial charge in [0.25, 0.3) is 15.9 Å². The summed E-state index contributed by atoms with van der Waals surface area (Å²) in [7, 11) is -1.03. The molecule has 0 radical (unpaired) electrons. The van der Waals surface area contributed by atoms with E-state index in [2.05, 4.69) is 20.0 Å². The standard InChI is InChI=1S/C20H20Cl2N4O5S/c1-23-15(11-27)12-6-8-13(9-7-12)31-17-10-24-19(20(25-17)30-2)26-32(28,29)16-5-3-4-14(21)18(16)22/h3-10,15,23,27H,11H2,1-2H3,(H,24,26)/t15-/m0/s1. The molecule has 0 aliphatic heterocycles. The van der Waals surface area contributed by atoms with Crippen molar-refractivity contribution < 1.29 is 23.0 Å². The third kappa shape index (κ3) is 5.40. The number of methoxy groups -OCH3 is 1. The normalized spacial score (nSPS) is 12.3. The summed E-state index contributed by atoms with van der Waals surface area (Å²) >= 11 is 11.9. The van der Waals surface area contributed by atoms with Crippen molar-refractivity contribution in [3.8, 4) is 17.5 Å². The Balaban J connectivity index is 1.81. The van der Waals surface area contributed by atoms with Crippen molar-refractivity contribution in [3.05, 3.63) is 64.3 Å². The second-order valence-corrected chi connectivity index (χ2v) is 8.85. The van der Waals surface area contributed by atoms with Gasteiger partial charge in [-0.2, -0.15) is 4.98 Å². The van der Waals surface area contributed by atoms with Crippen molar-refractivity contribution in [3.63, 3.8) is 0 Å². The number of aromatic nitrogens is 2.